The second-order valence-electron chi connectivity index (χ2n) is 4.84. The van der Waals surface area contributed by atoms with Gasteiger partial charge in [0.05, 0.1) is 18.1 Å². The van der Waals surface area contributed by atoms with Gasteiger partial charge in [-0.1, -0.05) is 12.1 Å². The standard InChI is InChI=1S/C15H19N2O5P/c1-4-21-23(20,22-5-2)15-14(11(3)10-16-15)12-7-6-8-13(9-12)17(18)19/h6-10,16H,4-5H2,1-3H3. The van der Waals surface area contributed by atoms with E-state index in [9.17, 15) is 14.7 Å². The fourth-order valence-corrected chi connectivity index (χ4v) is 4.18. The molecule has 0 bridgehead atoms. The van der Waals surface area contributed by atoms with E-state index in [1.165, 1.54) is 12.1 Å². The van der Waals surface area contributed by atoms with Crippen molar-refractivity contribution in [1.29, 1.82) is 0 Å². The van der Waals surface area contributed by atoms with Crippen molar-refractivity contribution in [3.63, 3.8) is 0 Å². The highest BCUT2D eigenvalue weighted by molar-refractivity contribution is 7.62. The molecule has 0 amide bonds. The second-order valence-corrected chi connectivity index (χ2v) is 6.79. The molecule has 0 atom stereocenters. The number of aryl methyl sites for hydroxylation is 1. The number of aromatic nitrogens is 1. The van der Waals surface area contributed by atoms with E-state index in [1.807, 2.05) is 6.92 Å². The van der Waals surface area contributed by atoms with Crippen LogP contribution in [-0.4, -0.2) is 23.1 Å². The quantitative estimate of drug-likeness (QED) is 0.471. The maximum atomic E-state index is 13.0. The molecular weight excluding hydrogens is 319 g/mol. The lowest BCUT2D eigenvalue weighted by atomic mass is 10.1. The number of benzene rings is 1. The van der Waals surface area contributed by atoms with Crippen LogP contribution >= 0.6 is 7.60 Å². The number of nitro benzene ring substituents is 1. The Balaban J connectivity index is 2.61. The van der Waals surface area contributed by atoms with Crippen LogP contribution in [0.2, 0.25) is 0 Å². The Labute approximate surface area is 134 Å². The van der Waals surface area contributed by atoms with Gasteiger partial charge in [-0.15, -0.1) is 0 Å². The van der Waals surface area contributed by atoms with E-state index in [4.69, 9.17) is 9.05 Å². The van der Waals surface area contributed by atoms with Crippen molar-refractivity contribution in [3.8, 4) is 11.1 Å². The maximum Gasteiger partial charge on any atom is 0.378 e. The Morgan fingerprint density at radius 3 is 2.48 bits per heavy atom. The highest BCUT2D eigenvalue weighted by Gasteiger charge is 2.32. The molecule has 124 valence electrons. The molecule has 0 radical (unpaired) electrons. The van der Waals surface area contributed by atoms with E-state index in [2.05, 4.69) is 4.98 Å². The molecule has 2 rings (SSSR count). The fraction of sp³-hybridized carbons (Fsp3) is 0.333. The molecule has 0 aliphatic carbocycles. The molecule has 0 aliphatic heterocycles. The minimum absolute atomic E-state index is 0.0308. The van der Waals surface area contributed by atoms with Gasteiger partial charge in [0.25, 0.3) is 5.69 Å². The Bertz CT molecular complexity index is 746. The number of rotatable bonds is 7. The van der Waals surface area contributed by atoms with Crippen molar-refractivity contribution in [2.24, 2.45) is 0 Å². The average molecular weight is 338 g/mol. The topological polar surface area (TPSA) is 94.5 Å². The zero-order valence-electron chi connectivity index (χ0n) is 13.2. The number of nitrogens with one attached hydrogen (secondary N) is 1. The van der Waals surface area contributed by atoms with Crippen LogP contribution in [0.4, 0.5) is 5.69 Å². The molecule has 1 aromatic carbocycles. The first-order valence-electron chi connectivity index (χ1n) is 7.25. The van der Waals surface area contributed by atoms with Crippen LogP contribution in [0.25, 0.3) is 11.1 Å². The van der Waals surface area contributed by atoms with Crippen LogP contribution in [0.15, 0.2) is 30.5 Å². The van der Waals surface area contributed by atoms with E-state index < -0.39 is 12.5 Å². The Hall–Kier alpha value is -1.95. The summed E-state index contributed by atoms with van der Waals surface area (Å²) < 4.78 is 23.8. The minimum Gasteiger partial charge on any atom is -0.354 e. The first-order chi connectivity index (χ1) is 10.9. The summed E-state index contributed by atoms with van der Waals surface area (Å²) in [6, 6.07) is 6.18. The lowest BCUT2D eigenvalue weighted by Gasteiger charge is -2.17. The molecule has 0 fully saturated rings. The summed E-state index contributed by atoms with van der Waals surface area (Å²) in [5, 5.41) is 11.0. The van der Waals surface area contributed by atoms with Crippen molar-refractivity contribution >= 4 is 18.7 Å². The third-order valence-corrected chi connectivity index (χ3v) is 5.37. The zero-order chi connectivity index (χ0) is 17.0. The van der Waals surface area contributed by atoms with Gasteiger partial charge in [-0.25, -0.2) is 0 Å². The van der Waals surface area contributed by atoms with E-state index >= 15 is 0 Å². The summed E-state index contributed by atoms with van der Waals surface area (Å²) in [4.78, 5) is 13.5. The summed E-state index contributed by atoms with van der Waals surface area (Å²) in [6.45, 7) is 5.74. The predicted molar refractivity (Wildman–Crippen MR) is 88.1 cm³/mol. The molecule has 1 aromatic heterocycles. The molecule has 23 heavy (non-hydrogen) atoms. The smallest absolute Gasteiger partial charge is 0.354 e. The third kappa shape index (κ3) is 3.52. The predicted octanol–water partition coefficient (Wildman–Crippen LogP) is 3.79. The molecule has 7 nitrogen and oxygen atoms in total. The number of H-pyrrole nitrogens is 1. The van der Waals surface area contributed by atoms with Gasteiger partial charge in [-0.2, -0.15) is 0 Å². The van der Waals surface area contributed by atoms with Crippen molar-refractivity contribution in [2.75, 3.05) is 13.2 Å². The Morgan fingerprint density at radius 2 is 1.91 bits per heavy atom. The number of aromatic amines is 1. The maximum absolute atomic E-state index is 13.0. The van der Waals surface area contributed by atoms with Gasteiger partial charge < -0.3 is 14.0 Å². The van der Waals surface area contributed by atoms with Crippen LogP contribution in [0.3, 0.4) is 0 Å². The number of nitrogens with zero attached hydrogens (tertiary/aromatic N) is 1. The third-order valence-electron chi connectivity index (χ3n) is 3.27. The van der Waals surface area contributed by atoms with Gasteiger partial charge in [0.15, 0.2) is 0 Å². The van der Waals surface area contributed by atoms with Crippen LogP contribution in [0.5, 0.6) is 0 Å². The molecule has 1 N–H and O–H groups in total. The zero-order valence-corrected chi connectivity index (χ0v) is 14.1. The van der Waals surface area contributed by atoms with E-state index in [1.54, 1.807) is 32.2 Å². The van der Waals surface area contributed by atoms with Crippen LogP contribution in [0, 0.1) is 17.0 Å². The SMILES string of the molecule is CCOP(=O)(OCC)c1[nH]cc(C)c1-c1cccc([N+](=O)[O-])c1. The summed E-state index contributed by atoms with van der Waals surface area (Å²) in [5.41, 5.74) is 2.29. The molecule has 2 aromatic rings. The van der Waals surface area contributed by atoms with E-state index in [-0.39, 0.29) is 18.9 Å². The lowest BCUT2D eigenvalue weighted by Crippen LogP contribution is -2.14. The lowest BCUT2D eigenvalue weighted by molar-refractivity contribution is -0.384. The van der Waals surface area contributed by atoms with Crippen LogP contribution in [0.1, 0.15) is 19.4 Å². The van der Waals surface area contributed by atoms with E-state index in [0.717, 1.165) is 5.56 Å². The minimum atomic E-state index is -3.52. The summed E-state index contributed by atoms with van der Waals surface area (Å²) in [5.74, 6) is 0. The first kappa shape index (κ1) is 17.4. The first-order valence-corrected chi connectivity index (χ1v) is 8.79. The Kier molecular flexibility index (Phi) is 5.36. The van der Waals surface area contributed by atoms with Gasteiger partial charge in [-0.3, -0.25) is 14.7 Å². The largest absolute Gasteiger partial charge is 0.378 e. The number of non-ortho nitro benzene ring substituents is 1. The fourth-order valence-electron chi connectivity index (χ4n) is 2.37. The van der Waals surface area contributed by atoms with E-state index in [0.29, 0.717) is 16.6 Å². The van der Waals surface area contributed by atoms with Crippen molar-refractivity contribution in [1.82, 2.24) is 4.98 Å². The van der Waals surface area contributed by atoms with Gasteiger partial charge in [-0.05, 0) is 31.9 Å². The van der Waals surface area contributed by atoms with Gasteiger partial charge >= 0.3 is 7.60 Å². The summed E-state index contributed by atoms with van der Waals surface area (Å²) >= 11 is 0. The molecule has 0 unspecified atom stereocenters. The average Bonchev–Trinajstić information content (AvgIpc) is 2.90. The summed E-state index contributed by atoms with van der Waals surface area (Å²) in [6.07, 6.45) is 1.69. The number of hydrogen-bond donors (Lipinski definition) is 1. The van der Waals surface area contributed by atoms with Crippen molar-refractivity contribution in [3.05, 3.63) is 46.1 Å². The molecule has 1 heterocycles. The van der Waals surface area contributed by atoms with Gasteiger partial charge in [0.2, 0.25) is 0 Å². The molecule has 0 saturated carbocycles. The number of hydrogen-bond acceptors (Lipinski definition) is 5. The molecular formula is C15H19N2O5P. The highest BCUT2D eigenvalue weighted by Crippen LogP contribution is 2.49. The van der Waals surface area contributed by atoms with Gasteiger partial charge in [0, 0.05) is 23.9 Å². The molecule has 8 heteroatoms. The number of nitro groups is 1. The molecule has 0 spiro atoms. The Morgan fingerprint density at radius 1 is 1.26 bits per heavy atom. The van der Waals surface area contributed by atoms with Crippen LogP contribution in [-0.2, 0) is 13.6 Å². The second kappa shape index (κ2) is 7.08. The monoisotopic (exact) mass is 338 g/mol. The molecule has 0 saturated heterocycles. The summed E-state index contributed by atoms with van der Waals surface area (Å²) in [7, 11) is -3.52. The molecule has 0 aliphatic rings. The highest BCUT2D eigenvalue weighted by atomic mass is 31.2. The van der Waals surface area contributed by atoms with Crippen molar-refractivity contribution < 1.29 is 18.5 Å². The van der Waals surface area contributed by atoms with Crippen LogP contribution < -0.4 is 5.44 Å². The van der Waals surface area contributed by atoms with Crippen molar-refractivity contribution in [2.45, 2.75) is 20.8 Å². The normalized spacial score (nSPS) is 11.6. The van der Waals surface area contributed by atoms with Gasteiger partial charge in [0.1, 0.15) is 5.44 Å².